The second-order valence-corrected chi connectivity index (χ2v) is 8.21. The van der Waals surface area contributed by atoms with Gasteiger partial charge in [-0.1, -0.05) is 18.2 Å². The molecule has 34 heavy (non-hydrogen) atoms. The van der Waals surface area contributed by atoms with Crippen LogP contribution in [0.25, 0.3) is 22.0 Å². The quantitative estimate of drug-likeness (QED) is 0.372. The number of carbonyl (C=O) groups excluding carboxylic acids is 1. The third-order valence-corrected chi connectivity index (χ3v) is 6.00. The molecule has 1 unspecified atom stereocenters. The molecule has 0 radical (unpaired) electrons. The zero-order valence-electron chi connectivity index (χ0n) is 18.7. The minimum atomic E-state index is -0.474. The largest absolute Gasteiger partial charge is 0.436 e. The average molecular weight is 455 g/mol. The van der Waals surface area contributed by atoms with Crippen molar-refractivity contribution in [2.24, 2.45) is 0 Å². The van der Waals surface area contributed by atoms with Crippen LogP contribution >= 0.6 is 0 Å². The van der Waals surface area contributed by atoms with Gasteiger partial charge in [0.1, 0.15) is 6.33 Å². The van der Waals surface area contributed by atoms with E-state index in [4.69, 9.17) is 4.74 Å². The number of ether oxygens (including phenoxy) is 1. The van der Waals surface area contributed by atoms with Gasteiger partial charge in [0.05, 0.1) is 5.52 Å². The highest BCUT2D eigenvalue weighted by Crippen LogP contribution is 2.36. The number of amides is 1. The van der Waals surface area contributed by atoms with E-state index in [-0.39, 0.29) is 17.6 Å². The van der Waals surface area contributed by atoms with E-state index in [0.717, 1.165) is 34.0 Å². The summed E-state index contributed by atoms with van der Waals surface area (Å²) in [6.45, 7) is 3.15. The molecule has 0 spiro atoms. The minimum Gasteiger partial charge on any atom is -0.436 e. The normalized spacial score (nSPS) is 15.8. The van der Waals surface area contributed by atoms with Gasteiger partial charge in [0.2, 0.25) is 11.8 Å². The second kappa shape index (κ2) is 9.39. The highest BCUT2D eigenvalue weighted by Gasteiger charge is 2.28. The fourth-order valence-corrected chi connectivity index (χ4v) is 4.36. The lowest BCUT2D eigenvalue weighted by Gasteiger charge is -2.17. The number of halogens is 1. The number of hydrogen-bond acceptors (Lipinski definition) is 5. The van der Waals surface area contributed by atoms with Crippen LogP contribution in [-0.4, -0.2) is 38.8 Å². The van der Waals surface area contributed by atoms with Crippen molar-refractivity contribution in [1.29, 1.82) is 0 Å². The number of benzene rings is 2. The fourth-order valence-electron chi connectivity index (χ4n) is 4.36. The average Bonchev–Trinajstić information content (AvgIpc) is 3.36. The van der Waals surface area contributed by atoms with Gasteiger partial charge in [-0.05, 0) is 66.4 Å². The Morgan fingerprint density at radius 1 is 1.15 bits per heavy atom. The maximum atomic E-state index is 14.9. The maximum absolute atomic E-state index is 14.9. The summed E-state index contributed by atoms with van der Waals surface area (Å²) in [5.41, 5.74) is 3.48. The first-order valence-corrected chi connectivity index (χ1v) is 11.2. The van der Waals surface area contributed by atoms with E-state index < -0.39 is 5.82 Å². The van der Waals surface area contributed by atoms with Crippen LogP contribution in [0.4, 0.5) is 4.39 Å². The van der Waals surface area contributed by atoms with Crippen LogP contribution in [-0.2, 0) is 4.79 Å². The third kappa shape index (κ3) is 4.37. The van der Waals surface area contributed by atoms with Gasteiger partial charge in [0.25, 0.3) is 0 Å². The summed E-state index contributed by atoms with van der Waals surface area (Å²) in [6.07, 6.45) is 9.09. The lowest BCUT2D eigenvalue weighted by atomic mass is 9.92. The zero-order valence-corrected chi connectivity index (χ0v) is 18.7. The Morgan fingerprint density at radius 2 is 2.06 bits per heavy atom. The molecule has 1 fully saturated rings. The van der Waals surface area contributed by atoms with Gasteiger partial charge >= 0.3 is 0 Å². The predicted octanol–water partition coefficient (Wildman–Crippen LogP) is 5.52. The van der Waals surface area contributed by atoms with E-state index in [0.29, 0.717) is 19.0 Å². The van der Waals surface area contributed by atoms with Gasteiger partial charge in [-0.25, -0.2) is 19.3 Å². The van der Waals surface area contributed by atoms with Crippen LogP contribution in [0.1, 0.15) is 24.8 Å². The lowest BCUT2D eigenvalue weighted by Crippen LogP contribution is -2.26. The second-order valence-electron chi connectivity index (χ2n) is 8.21. The molecule has 2 aromatic heterocycles. The molecule has 1 amide bonds. The molecule has 3 heterocycles. The molecule has 1 saturated heterocycles. The summed E-state index contributed by atoms with van der Waals surface area (Å²) in [4.78, 5) is 27.0. The summed E-state index contributed by atoms with van der Waals surface area (Å²) in [5.74, 6) is 0.130. The topological polar surface area (TPSA) is 68.2 Å². The molecule has 7 heteroatoms. The number of carbonyl (C=O) groups is 1. The van der Waals surface area contributed by atoms with Crippen molar-refractivity contribution in [3.8, 4) is 22.8 Å². The molecular weight excluding hydrogens is 431 g/mol. The zero-order chi connectivity index (χ0) is 23.5. The maximum Gasteiger partial charge on any atom is 0.246 e. The Morgan fingerprint density at radius 3 is 2.85 bits per heavy atom. The molecule has 0 bridgehead atoms. The van der Waals surface area contributed by atoms with E-state index in [1.165, 1.54) is 12.4 Å². The van der Waals surface area contributed by atoms with E-state index >= 15 is 0 Å². The lowest BCUT2D eigenvalue weighted by molar-refractivity contribution is -0.125. The Labute approximate surface area is 196 Å². The molecule has 5 rings (SSSR count). The van der Waals surface area contributed by atoms with Gasteiger partial charge in [-0.3, -0.25) is 4.79 Å². The van der Waals surface area contributed by atoms with Crippen molar-refractivity contribution in [2.45, 2.75) is 19.3 Å². The van der Waals surface area contributed by atoms with Crippen LogP contribution < -0.4 is 4.74 Å². The van der Waals surface area contributed by atoms with E-state index in [1.807, 2.05) is 24.0 Å². The number of fused-ring (bicyclic) bond motifs is 1. The number of aromatic nitrogens is 3. The van der Waals surface area contributed by atoms with Gasteiger partial charge in [0.15, 0.2) is 11.6 Å². The molecule has 4 aromatic rings. The van der Waals surface area contributed by atoms with Crippen molar-refractivity contribution in [2.75, 3.05) is 13.1 Å². The minimum absolute atomic E-state index is 0.0191. The molecule has 1 atom stereocenters. The number of nitrogens with zero attached hydrogens (tertiary/aromatic N) is 4. The summed E-state index contributed by atoms with van der Waals surface area (Å²) in [6, 6.07) is 14.1. The monoisotopic (exact) mass is 454 g/mol. The van der Waals surface area contributed by atoms with Gasteiger partial charge < -0.3 is 9.64 Å². The van der Waals surface area contributed by atoms with E-state index in [9.17, 15) is 9.18 Å². The summed E-state index contributed by atoms with van der Waals surface area (Å²) >= 11 is 0. The van der Waals surface area contributed by atoms with Crippen molar-refractivity contribution in [1.82, 2.24) is 19.9 Å². The van der Waals surface area contributed by atoms with Gasteiger partial charge in [-0.2, -0.15) is 0 Å². The molecule has 170 valence electrons. The van der Waals surface area contributed by atoms with Crippen LogP contribution in [0.5, 0.6) is 11.6 Å². The molecule has 6 nitrogen and oxygen atoms in total. The van der Waals surface area contributed by atoms with Gasteiger partial charge in [-0.15, -0.1) is 0 Å². The van der Waals surface area contributed by atoms with Crippen molar-refractivity contribution in [3.63, 3.8) is 0 Å². The highest BCUT2D eigenvalue weighted by molar-refractivity contribution is 5.89. The molecular formula is C27H23FN4O2. The number of rotatable bonds is 5. The number of likely N-dealkylation sites (tertiary alicyclic amines) is 1. The Hall–Kier alpha value is -4.13. The molecule has 0 aliphatic carbocycles. The van der Waals surface area contributed by atoms with E-state index in [2.05, 4.69) is 21.0 Å². The third-order valence-electron chi connectivity index (χ3n) is 6.00. The van der Waals surface area contributed by atoms with Crippen molar-refractivity contribution < 1.29 is 13.9 Å². The number of hydrogen-bond donors (Lipinski definition) is 0. The van der Waals surface area contributed by atoms with Crippen LogP contribution in [0.15, 0.2) is 79.4 Å². The van der Waals surface area contributed by atoms with Crippen LogP contribution in [0, 0.1) is 5.82 Å². The van der Waals surface area contributed by atoms with Crippen LogP contribution in [0.3, 0.4) is 0 Å². The molecule has 0 N–H and O–H groups in total. The predicted molar refractivity (Wildman–Crippen MR) is 128 cm³/mol. The number of allylic oxidation sites excluding steroid dienone is 1. The first kappa shape index (κ1) is 21.7. The van der Waals surface area contributed by atoms with Crippen molar-refractivity contribution in [3.05, 3.63) is 90.8 Å². The molecule has 0 saturated carbocycles. The molecule has 1 aliphatic heterocycles. The summed E-state index contributed by atoms with van der Waals surface area (Å²) in [7, 11) is 0. The number of pyridine rings is 1. The molecule has 2 aromatic carbocycles. The standard InChI is InChI=1S/C27H23FN4O2/c1-2-5-26(33)32-11-9-19(16-32)22-13-20(12-21-15-29-17-31-27(21)22)18-7-8-24(23(28)14-18)34-25-6-3-4-10-30-25/h2-8,10,12-15,17,19H,9,11,16H2,1H3/b5-2+. The summed E-state index contributed by atoms with van der Waals surface area (Å²) < 4.78 is 20.5. The molecule has 1 aliphatic rings. The van der Waals surface area contributed by atoms with E-state index in [1.54, 1.807) is 48.8 Å². The highest BCUT2D eigenvalue weighted by atomic mass is 19.1. The Kier molecular flexibility index (Phi) is 5.99. The van der Waals surface area contributed by atoms with Crippen LogP contribution in [0.2, 0.25) is 0 Å². The Bertz CT molecular complexity index is 1370. The first-order chi connectivity index (χ1) is 16.6. The SMILES string of the molecule is C/C=C/C(=O)N1CCC(c2cc(-c3ccc(Oc4ccccn4)c(F)c3)cc3cncnc23)C1. The smallest absolute Gasteiger partial charge is 0.246 e. The van der Waals surface area contributed by atoms with Gasteiger partial charge in [0, 0.05) is 42.9 Å². The first-order valence-electron chi connectivity index (χ1n) is 11.2. The van der Waals surface area contributed by atoms with Crippen molar-refractivity contribution >= 4 is 16.8 Å². The summed E-state index contributed by atoms with van der Waals surface area (Å²) in [5, 5.41) is 0.877. The fraction of sp³-hybridized carbons (Fsp3) is 0.185. The Balaban J connectivity index is 1.49.